The van der Waals surface area contributed by atoms with Crippen LogP contribution in [0.25, 0.3) is 11.1 Å². The van der Waals surface area contributed by atoms with Crippen LogP contribution in [-0.2, 0) is 11.3 Å². The smallest absolute Gasteiger partial charge is 0.419 e. The first-order valence-corrected chi connectivity index (χ1v) is 7.49. The highest BCUT2D eigenvalue weighted by molar-refractivity contribution is 6.30. The Labute approximate surface area is 140 Å². The van der Waals surface area contributed by atoms with Gasteiger partial charge in [-0.3, -0.25) is 14.2 Å². The van der Waals surface area contributed by atoms with Gasteiger partial charge in [-0.05, 0) is 42.5 Å². The Kier molecular flexibility index (Phi) is 4.22. The van der Waals surface area contributed by atoms with E-state index in [-0.39, 0.29) is 24.3 Å². The first-order chi connectivity index (χ1) is 11.5. The van der Waals surface area contributed by atoms with Crippen LogP contribution < -0.4 is 5.76 Å². The van der Waals surface area contributed by atoms with Crippen molar-refractivity contribution >= 4 is 34.5 Å². The van der Waals surface area contributed by atoms with Crippen molar-refractivity contribution in [3.05, 3.63) is 69.2 Å². The molecule has 3 rings (SSSR count). The van der Waals surface area contributed by atoms with E-state index in [0.717, 1.165) is 0 Å². The average Bonchev–Trinajstić information content (AvgIpc) is 2.87. The first-order valence-electron chi connectivity index (χ1n) is 7.11. The number of nitrogens with zero attached hydrogens (tertiary/aromatic N) is 1. The van der Waals surface area contributed by atoms with Gasteiger partial charge >= 0.3 is 11.7 Å². The third-order valence-electron chi connectivity index (χ3n) is 3.59. The minimum atomic E-state index is -1.01. The molecule has 24 heavy (non-hydrogen) atoms. The average molecular weight is 346 g/mol. The number of carboxylic acids is 1. The number of benzene rings is 2. The van der Waals surface area contributed by atoms with Crippen LogP contribution >= 0.6 is 11.6 Å². The van der Waals surface area contributed by atoms with Gasteiger partial charge in [0.1, 0.15) is 0 Å². The van der Waals surface area contributed by atoms with Crippen molar-refractivity contribution in [1.82, 2.24) is 4.57 Å². The Morgan fingerprint density at radius 3 is 2.42 bits per heavy atom. The highest BCUT2D eigenvalue weighted by Gasteiger charge is 2.15. The maximum absolute atomic E-state index is 12.5. The van der Waals surface area contributed by atoms with Gasteiger partial charge in [0.05, 0.1) is 11.9 Å². The Morgan fingerprint density at radius 2 is 1.75 bits per heavy atom. The standard InChI is InChI=1S/C17H12ClNO5/c18-12-4-1-10(2-5-12)16(22)11-3-6-13-14(9-11)24-17(23)19(13)8-7-15(20)21/h1-6,9H,7-8H2,(H,20,21). The number of oxazole rings is 1. The summed E-state index contributed by atoms with van der Waals surface area (Å²) in [5.41, 5.74) is 1.52. The number of aliphatic carboxylic acids is 1. The molecule has 3 aromatic rings. The number of halogens is 1. The number of aromatic nitrogens is 1. The van der Waals surface area contributed by atoms with E-state index in [2.05, 4.69) is 0 Å². The van der Waals surface area contributed by atoms with Gasteiger partial charge in [-0.25, -0.2) is 4.79 Å². The van der Waals surface area contributed by atoms with E-state index >= 15 is 0 Å². The van der Waals surface area contributed by atoms with Gasteiger partial charge in [0, 0.05) is 22.7 Å². The normalized spacial score (nSPS) is 10.9. The van der Waals surface area contributed by atoms with Crippen molar-refractivity contribution in [2.24, 2.45) is 0 Å². The quantitative estimate of drug-likeness (QED) is 0.718. The van der Waals surface area contributed by atoms with Crippen molar-refractivity contribution in [2.45, 2.75) is 13.0 Å². The molecule has 1 aromatic heterocycles. The van der Waals surface area contributed by atoms with Gasteiger partial charge < -0.3 is 9.52 Å². The van der Waals surface area contributed by atoms with Crippen LogP contribution in [0.2, 0.25) is 5.02 Å². The lowest BCUT2D eigenvalue weighted by Gasteiger charge is -2.03. The first kappa shape index (κ1) is 16.0. The lowest BCUT2D eigenvalue weighted by molar-refractivity contribution is -0.137. The predicted molar refractivity (Wildman–Crippen MR) is 87.6 cm³/mol. The summed E-state index contributed by atoms with van der Waals surface area (Å²) in [5, 5.41) is 9.27. The van der Waals surface area contributed by atoms with Gasteiger partial charge in [0.2, 0.25) is 0 Å². The molecule has 0 amide bonds. The number of hydrogen-bond donors (Lipinski definition) is 1. The fourth-order valence-electron chi connectivity index (χ4n) is 2.39. The third-order valence-corrected chi connectivity index (χ3v) is 3.84. The summed E-state index contributed by atoms with van der Waals surface area (Å²) in [6.45, 7) is 0.00560. The summed E-state index contributed by atoms with van der Waals surface area (Å²) in [5.74, 6) is -1.89. The molecular formula is C17H12ClNO5. The second kappa shape index (κ2) is 6.33. The zero-order valence-corrected chi connectivity index (χ0v) is 13.1. The van der Waals surface area contributed by atoms with E-state index in [0.29, 0.717) is 21.7 Å². The fraction of sp³-hybridized carbons (Fsp3) is 0.118. The zero-order chi connectivity index (χ0) is 17.3. The second-order valence-corrected chi connectivity index (χ2v) is 5.62. The van der Waals surface area contributed by atoms with Crippen LogP contribution in [0.5, 0.6) is 0 Å². The van der Waals surface area contributed by atoms with Crippen molar-refractivity contribution in [3.63, 3.8) is 0 Å². The van der Waals surface area contributed by atoms with Gasteiger partial charge in [0.15, 0.2) is 11.4 Å². The molecule has 0 saturated carbocycles. The Hall–Kier alpha value is -2.86. The molecule has 0 spiro atoms. The lowest BCUT2D eigenvalue weighted by Crippen LogP contribution is -2.16. The Balaban J connectivity index is 1.97. The van der Waals surface area contributed by atoms with Crippen LogP contribution in [0.4, 0.5) is 0 Å². The predicted octanol–water partition coefficient (Wildman–Crippen LogP) is 2.95. The van der Waals surface area contributed by atoms with E-state index in [4.69, 9.17) is 21.1 Å². The van der Waals surface area contributed by atoms with Crippen molar-refractivity contribution in [2.75, 3.05) is 0 Å². The molecule has 1 heterocycles. The summed E-state index contributed by atoms with van der Waals surface area (Å²) < 4.78 is 6.35. The summed E-state index contributed by atoms with van der Waals surface area (Å²) >= 11 is 5.81. The molecule has 0 aliphatic heterocycles. The van der Waals surface area contributed by atoms with Gasteiger partial charge in [-0.1, -0.05) is 11.6 Å². The Morgan fingerprint density at radius 1 is 1.08 bits per heavy atom. The number of aryl methyl sites for hydroxylation is 1. The van der Waals surface area contributed by atoms with E-state index in [9.17, 15) is 14.4 Å². The van der Waals surface area contributed by atoms with Crippen LogP contribution in [0.1, 0.15) is 22.3 Å². The molecular weight excluding hydrogens is 334 g/mol. The number of rotatable bonds is 5. The maximum atomic E-state index is 12.5. The van der Waals surface area contributed by atoms with E-state index in [1.807, 2.05) is 0 Å². The van der Waals surface area contributed by atoms with Crippen LogP contribution in [0, 0.1) is 0 Å². The van der Waals surface area contributed by atoms with E-state index in [1.165, 1.54) is 10.6 Å². The lowest BCUT2D eigenvalue weighted by atomic mass is 10.0. The fourth-order valence-corrected chi connectivity index (χ4v) is 2.52. The van der Waals surface area contributed by atoms with Crippen LogP contribution in [0.15, 0.2) is 51.7 Å². The van der Waals surface area contributed by atoms with E-state index in [1.54, 1.807) is 36.4 Å². The molecule has 122 valence electrons. The molecule has 0 unspecified atom stereocenters. The van der Waals surface area contributed by atoms with Crippen LogP contribution in [-0.4, -0.2) is 21.4 Å². The molecule has 7 heteroatoms. The van der Waals surface area contributed by atoms with E-state index < -0.39 is 11.7 Å². The summed E-state index contributed by atoms with van der Waals surface area (Å²) in [6.07, 6.45) is -0.194. The largest absolute Gasteiger partial charge is 0.481 e. The Bertz CT molecular complexity index is 984. The molecule has 0 aliphatic rings. The van der Waals surface area contributed by atoms with Crippen LogP contribution in [0.3, 0.4) is 0 Å². The summed E-state index contributed by atoms with van der Waals surface area (Å²) in [7, 11) is 0. The van der Waals surface area contributed by atoms with Crippen molar-refractivity contribution in [3.8, 4) is 0 Å². The number of fused-ring (bicyclic) bond motifs is 1. The summed E-state index contributed by atoms with van der Waals surface area (Å²) in [4.78, 5) is 35.0. The van der Waals surface area contributed by atoms with Gasteiger partial charge in [-0.15, -0.1) is 0 Å². The molecule has 2 aromatic carbocycles. The number of carboxylic acid groups (broad SMARTS) is 1. The number of carbonyl (C=O) groups is 2. The van der Waals surface area contributed by atoms with Crippen molar-refractivity contribution < 1.29 is 19.1 Å². The monoisotopic (exact) mass is 345 g/mol. The van der Waals surface area contributed by atoms with Gasteiger partial charge in [0.25, 0.3) is 0 Å². The van der Waals surface area contributed by atoms with Gasteiger partial charge in [-0.2, -0.15) is 0 Å². The minimum Gasteiger partial charge on any atom is -0.481 e. The molecule has 0 atom stereocenters. The molecule has 0 saturated heterocycles. The summed E-state index contributed by atoms with van der Waals surface area (Å²) in [6, 6.07) is 11.1. The molecule has 6 nitrogen and oxygen atoms in total. The number of ketones is 1. The maximum Gasteiger partial charge on any atom is 0.419 e. The number of hydrogen-bond acceptors (Lipinski definition) is 4. The minimum absolute atomic E-state index is 0.00560. The van der Waals surface area contributed by atoms with Crippen molar-refractivity contribution in [1.29, 1.82) is 0 Å². The topological polar surface area (TPSA) is 89.5 Å². The molecule has 0 bridgehead atoms. The SMILES string of the molecule is O=C(O)CCn1c(=O)oc2cc(C(=O)c3ccc(Cl)cc3)ccc21. The molecule has 0 aliphatic carbocycles. The molecule has 0 radical (unpaired) electrons. The highest BCUT2D eigenvalue weighted by Crippen LogP contribution is 2.19. The second-order valence-electron chi connectivity index (χ2n) is 5.18. The third kappa shape index (κ3) is 3.09. The highest BCUT2D eigenvalue weighted by atomic mass is 35.5. The molecule has 1 N–H and O–H groups in total. The zero-order valence-electron chi connectivity index (χ0n) is 12.4. The number of carbonyl (C=O) groups excluding carboxylic acids is 1. The molecule has 0 fully saturated rings.